The van der Waals surface area contributed by atoms with E-state index in [1.54, 1.807) is 11.1 Å². The van der Waals surface area contributed by atoms with Crippen LogP contribution in [0, 0.1) is 0 Å². The topological polar surface area (TPSA) is 0 Å². The third-order valence-corrected chi connectivity index (χ3v) is 16.4. The SMILES string of the molecule is CCCCCCCCCCCCCCCCCCc1ccsc1-c1cc2cc(-c3sccc3CCCCCCCCCCCCCCCCCC)sc2s1. The van der Waals surface area contributed by atoms with Crippen molar-refractivity contribution in [2.75, 3.05) is 0 Å². The van der Waals surface area contributed by atoms with E-state index < -0.39 is 0 Å². The third-order valence-electron chi connectivity index (χ3n) is 11.8. The summed E-state index contributed by atoms with van der Waals surface area (Å²) in [6.45, 7) is 4.62. The number of hydrogen-bond acceptors (Lipinski definition) is 4. The molecule has 4 heteroatoms. The summed E-state index contributed by atoms with van der Waals surface area (Å²) >= 11 is 7.97. The molecule has 0 atom stereocenters. The average molecular weight is 809 g/mol. The van der Waals surface area contributed by atoms with E-state index in [1.807, 2.05) is 45.3 Å². The first kappa shape index (κ1) is 45.8. The molecule has 0 radical (unpaired) electrons. The molecule has 0 aliphatic heterocycles. The molecule has 4 aromatic rings. The molecule has 0 bridgehead atoms. The highest BCUT2D eigenvalue weighted by molar-refractivity contribution is 7.42. The Bertz CT molecular complexity index is 1300. The average Bonchev–Trinajstić information content (AvgIpc) is 3.99. The largest absolute Gasteiger partial charge is 0.143 e. The van der Waals surface area contributed by atoms with E-state index in [4.69, 9.17) is 0 Å². The fraction of sp³-hybridized carbons (Fsp3) is 0.720. The van der Waals surface area contributed by atoms with Crippen LogP contribution >= 0.6 is 45.3 Å². The minimum absolute atomic E-state index is 1.24. The van der Waals surface area contributed by atoms with E-state index in [0.29, 0.717) is 0 Å². The standard InChI is InChI=1S/C50H80S4/c1-3-5-7-9-11-13-15-17-19-21-23-25-27-29-31-33-35-43-37-39-51-48(43)46-41-45-42-47(54-50(45)53-46)49-44(38-40-52-49)36-34-32-30-28-26-24-22-20-18-16-14-12-10-8-6-4-2/h37-42H,3-36H2,1-2H3. The molecule has 304 valence electrons. The van der Waals surface area contributed by atoms with Gasteiger partial charge in [-0.05, 0) is 71.8 Å². The first-order valence-corrected chi connectivity index (χ1v) is 26.9. The van der Waals surface area contributed by atoms with Gasteiger partial charge in [0.2, 0.25) is 0 Å². The maximum atomic E-state index is 2.49. The quantitative estimate of drug-likeness (QED) is 0.0402. The van der Waals surface area contributed by atoms with Crippen LogP contribution in [0.4, 0.5) is 0 Å². The lowest BCUT2D eigenvalue weighted by atomic mass is 10.0. The Kier molecular flexibility index (Phi) is 25.6. The van der Waals surface area contributed by atoms with Crippen LogP contribution in [-0.4, -0.2) is 0 Å². The number of hydrogen-bond donors (Lipinski definition) is 0. The lowest BCUT2D eigenvalue weighted by molar-refractivity contribution is 0.529. The normalized spacial score (nSPS) is 11.8. The van der Waals surface area contributed by atoms with Crippen LogP contribution in [0.15, 0.2) is 35.0 Å². The van der Waals surface area contributed by atoms with Crippen molar-refractivity contribution in [3.8, 4) is 19.5 Å². The maximum Gasteiger partial charge on any atom is 0.0878 e. The number of fused-ring (bicyclic) bond motifs is 1. The van der Waals surface area contributed by atoms with Crippen LogP contribution in [0.25, 0.3) is 28.9 Å². The van der Waals surface area contributed by atoms with Crippen molar-refractivity contribution < 1.29 is 0 Å². The molecule has 0 aromatic carbocycles. The molecule has 0 fully saturated rings. The van der Waals surface area contributed by atoms with Crippen molar-refractivity contribution >= 4 is 54.7 Å². The van der Waals surface area contributed by atoms with Crippen molar-refractivity contribution in [1.29, 1.82) is 0 Å². The van der Waals surface area contributed by atoms with Gasteiger partial charge in [0.25, 0.3) is 0 Å². The van der Waals surface area contributed by atoms with Crippen LogP contribution in [0.3, 0.4) is 0 Å². The molecule has 0 saturated heterocycles. The molecule has 0 aliphatic carbocycles. The van der Waals surface area contributed by atoms with E-state index in [9.17, 15) is 0 Å². The van der Waals surface area contributed by atoms with Gasteiger partial charge in [0.05, 0.1) is 4.01 Å². The second kappa shape index (κ2) is 30.2. The number of aryl methyl sites for hydroxylation is 2. The van der Waals surface area contributed by atoms with Gasteiger partial charge in [-0.3, -0.25) is 0 Å². The Morgan fingerprint density at radius 1 is 0.352 bits per heavy atom. The molecule has 0 N–H and O–H groups in total. The predicted octanol–water partition coefficient (Wildman–Crippen LogP) is 20.0. The molecule has 4 heterocycles. The summed E-state index contributed by atoms with van der Waals surface area (Å²) in [6.07, 6.45) is 48.5. The van der Waals surface area contributed by atoms with Crippen LogP contribution < -0.4 is 0 Å². The van der Waals surface area contributed by atoms with Crippen molar-refractivity contribution in [2.24, 2.45) is 0 Å². The lowest BCUT2D eigenvalue weighted by Gasteiger charge is -2.05. The zero-order chi connectivity index (χ0) is 37.7. The maximum absolute atomic E-state index is 2.49. The van der Waals surface area contributed by atoms with Crippen LogP contribution in [0.1, 0.15) is 230 Å². The van der Waals surface area contributed by atoms with Crippen molar-refractivity contribution in [1.82, 2.24) is 0 Å². The highest BCUT2D eigenvalue weighted by atomic mass is 32.2. The summed E-state index contributed by atoms with van der Waals surface area (Å²) in [5, 5.41) is 6.11. The van der Waals surface area contributed by atoms with Gasteiger partial charge in [0.1, 0.15) is 0 Å². The van der Waals surface area contributed by atoms with Crippen molar-refractivity contribution in [3.63, 3.8) is 0 Å². The summed E-state index contributed by atoms with van der Waals surface area (Å²) in [7, 11) is 0. The Labute approximate surface area is 350 Å². The van der Waals surface area contributed by atoms with Crippen molar-refractivity contribution in [2.45, 2.75) is 232 Å². The molecular formula is C50H80S4. The molecule has 0 unspecified atom stereocenters. The van der Waals surface area contributed by atoms with E-state index in [1.165, 1.54) is 247 Å². The molecular weight excluding hydrogens is 729 g/mol. The van der Waals surface area contributed by atoms with Gasteiger partial charge in [-0.2, -0.15) is 0 Å². The summed E-state index contributed by atoms with van der Waals surface area (Å²) in [4.78, 5) is 6.05. The highest BCUT2D eigenvalue weighted by Crippen LogP contribution is 2.46. The van der Waals surface area contributed by atoms with Gasteiger partial charge < -0.3 is 0 Å². The summed E-state index contributed by atoms with van der Waals surface area (Å²) < 4.78 is 1.50. The first-order chi connectivity index (χ1) is 26.8. The molecule has 0 saturated carbocycles. The Balaban J connectivity index is 1.04. The molecule has 4 aromatic heterocycles. The summed E-state index contributed by atoms with van der Waals surface area (Å²) in [5.41, 5.74) is 3.16. The monoisotopic (exact) mass is 809 g/mol. The number of unbranched alkanes of at least 4 members (excludes halogenated alkanes) is 30. The van der Waals surface area contributed by atoms with Gasteiger partial charge in [0, 0.05) is 24.9 Å². The smallest absolute Gasteiger partial charge is 0.0878 e. The minimum Gasteiger partial charge on any atom is -0.143 e. The molecule has 0 aliphatic rings. The van der Waals surface area contributed by atoms with Gasteiger partial charge in [-0.15, -0.1) is 45.3 Å². The Morgan fingerprint density at radius 3 is 0.907 bits per heavy atom. The van der Waals surface area contributed by atoms with E-state index in [0.717, 1.165) is 0 Å². The minimum atomic E-state index is 1.24. The molecule has 54 heavy (non-hydrogen) atoms. The zero-order valence-electron chi connectivity index (χ0n) is 35.1. The number of thiophene rings is 4. The highest BCUT2D eigenvalue weighted by Gasteiger charge is 2.16. The molecule has 0 amide bonds. The van der Waals surface area contributed by atoms with E-state index in [-0.39, 0.29) is 0 Å². The fourth-order valence-electron chi connectivity index (χ4n) is 8.29. The van der Waals surface area contributed by atoms with Crippen LogP contribution in [0.5, 0.6) is 0 Å². The summed E-state index contributed by atoms with van der Waals surface area (Å²) in [6, 6.07) is 9.79. The zero-order valence-corrected chi connectivity index (χ0v) is 38.4. The second-order valence-electron chi connectivity index (χ2n) is 16.6. The van der Waals surface area contributed by atoms with Crippen LogP contribution in [0.2, 0.25) is 0 Å². The number of rotatable bonds is 36. The van der Waals surface area contributed by atoms with Gasteiger partial charge in [-0.25, -0.2) is 0 Å². The Hall–Kier alpha value is -0.940. The molecule has 4 rings (SSSR count). The predicted molar refractivity (Wildman–Crippen MR) is 253 cm³/mol. The second-order valence-corrected chi connectivity index (χ2v) is 20.8. The lowest BCUT2D eigenvalue weighted by Crippen LogP contribution is -1.87. The van der Waals surface area contributed by atoms with Crippen molar-refractivity contribution in [3.05, 3.63) is 46.2 Å². The molecule has 0 nitrogen and oxygen atoms in total. The molecule has 0 spiro atoms. The van der Waals surface area contributed by atoms with E-state index >= 15 is 0 Å². The van der Waals surface area contributed by atoms with Gasteiger partial charge in [0.15, 0.2) is 0 Å². The van der Waals surface area contributed by atoms with Crippen LogP contribution in [-0.2, 0) is 12.8 Å². The fourth-order valence-corrected chi connectivity index (χ4v) is 13.0. The van der Waals surface area contributed by atoms with Gasteiger partial charge in [-0.1, -0.05) is 206 Å². The first-order valence-electron chi connectivity index (χ1n) is 23.5. The summed E-state index contributed by atoms with van der Waals surface area (Å²) in [5.74, 6) is 0. The third kappa shape index (κ3) is 18.5. The van der Waals surface area contributed by atoms with E-state index in [2.05, 4.69) is 48.9 Å². The Morgan fingerprint density at radius 2 is 0.630 bits per heavy atom. The van der Waals surface area contributed by atoms with Gasteiger partial charge >= 0.3 is 0 Å².